The summed E-state index contributed by atoms with van der Waals surface area (Å²) in [6, 6.07) is 4.31. The summed E-state index contributed by atoms with van der Waals surface area (Å²) in [6.45, 7) is 0.110. The van der Waals surface area contributed by atoms with E-state index in [0.717, 1.165) is 11.3 Å². The molecule has 5 rings (SSSR count). The van der Waals surface area contributed by atoms with Gasteiger partial charge in [-0.2, -0.15) is 4.40 Å². The first-order valence-corrected chi connectivity index (χ1v) is 13.0. The number of hydrogen-bond donors (Lipinski definition) is 4. The van der Waals surface area contributed by atoms with Crippen molar-refractivity contribution in [3.8, 4) is 0 Å². The van der Waals surface area contributed by atoms with Gasteiger partial charge < -0.3 is 26.7 Å². The number of hydrogen-bond acceptors (Lipinski definition) is 10. The lowest BCUT2D eigenvalue weighted by Crippen LogP contribution is -2.71. The van der Waals surface area contributed by atoms with Crippen molar-refractivity contribution in [2.45, 2.75) is 18.0 Å². The second-order valence-corrected chi connectivity index (χ2v) is 10.2. The van der Waals surface area contributed by atoms with Crippen molar-refractivity contribution in [1.29, 1.82) is 0 Å². The zero-order chi connectivity index (χ0) is 27.1. The zero-order valence-electron chi connectivity index (χ0n) is 19.7. The Balaban J connectivity index is 1.40. The van der Waals surface area contributed by atoms with Crippen LogP contribution in [0.25, 0.3) is 5.65 Å². The number of oxime groups is 1. The quantitative estimate of drug-likeness (QED) is 0.118. The lowest BCUT2D eigenvalue weighted by atomic mass is 10.0. The number of thioether (sulfide) groups is 1. The minimum absolute atomic E-state index is 0.110. The van der Waals surface area contributed by atoms with Crippen LogP contribution in [0.2, 0.25) is 0 Å². The number of nitrogens with one attached hydrogen (secondary N) is 1. The van der Waals surface area contributed by atoms with Crippen LogP contribution in [-0.2, 0) is 25.8 Å². The molecule has 0 bridgehead atoms. The number of anilines is 1. The second-order valence-electron chi connectivity index (χ2n) is 8.25. The predicted octanol–water partition coefficient (Wildman–Crippen LogP) is -0.846. The highest BCUT2D eigenvalue weighted by Gasteiger charge is 2.54. The molecule has 0 spiro atoms. The van der Waals surface area contributed by atoms with E-state index in [2.05, 4.69) is 15.5 Å². The molecule has 5 heterocycles. The number of aliphatic carboxylic acids is 1. The second kappa shape index (κ2) is 9.79. The minimum Gasteiger partial charge on any atom is -0.477 e. The average molecular weight is 558 g/mol. The molecule has 0 aromatic carbocycles. The number of carbonyl (C=O) groups is 4. The number of aromatic nitrogens is 3. The maximum atomic E-state index is 13.1. The Bertz CT molecular complexity index is 1560. The van der Waals surface area contributed by atoms with Crippen LogP contribution in [0.1, 0.15) is 16.2 Å². The summed E-state index contributed by atoms with van der Waals surface area (Å²) >= 11 is 2.42. The maximum absolute atomic E-state index is 13.1. The molecule has 2 aliphatic rings. The highest BCUT2D eigenvalue weighted by Crippen LogP contribution is 2.40. The fourth-order valence-electron chi connectivity index (χ4n) is 4.37. The third-order valence-electron chi connectivity index (χ3n) is 5.98. The molecular weight excluding hydrogens is 536 g/mol. The summed E-state index contributed by atoms with van der Waals surface area (Å²) in [5.41, 5.74) is 12.3. The summed E-state index contributed by atoms with van der Waals surface area (Å²) in [4.78, 5) is 60.2. The van der Waals surface area contributed by atoms with E-state index in [-0.39, 0.29) is 40.2 Å². The van der Waals surface area contributed by atoms with Crippen molar-refractivity contribution in [3.05, 3.63) is 58.6 Å². The summed E-state index contributed by atoms with van der Waals surface area (Å²) in [5.74, 6) is -2.93. The number of carboxylic acid groups (broad SMARTS) is 1. The molecule has 3 aromatic heterocycles. The number of primary amides is 1. The van der Waals surface area contributed by atoms with Gasteiger partial charge in [0.1, 0.15) is 42.7 Å². The van der Waals surface area contributed by atoms with E-state index in [1.807, 2.05) is 0 Å². The first-order valence-electron chi connectivity index (χ1n) is 11.0. The predicted molar refractivity (Wildman–Crippen MR) is 136 cm³/mol. The Labute approximate surface area is 222 Å². The molecule has 0 saturated carbocycles. The van der Waals surface area contributed by atoms with E-state index in [9.17, 15) is 24.3 Å². The van der Waals surface area contributed by atoms with Crippen molar-refractivity contribution in [2.24, 2.45) is 10.9 Å². The Kier molecular flexibility index (Phi) is 6.50. The van der Waals surface area contributed by atoms with E-state index in [0.29, 0.717) is 11.2 Å². The van der Waals surface area contributed by atoms with Crippen molar-refractivity contribution >= 4 is 63.3 Å². The molecule has 1 saturated heterocycles. The number of β-lactam (4-membered cyclic amide) rings is 1. The summed E-state index contributed by atoms with van der Waals surface area (Å²) in [6.07, 6.45) is 3.22. The van der Waals surface area contributed by atoms with E-state index >= 15 is 0 Å². The molecule has 6 N–H and O–H groups in total. The third-order valence-corrected chi connectivity index (χ3v) is 8.00. The molecule has 196 valence electrons. The number of nitrogens with zero attached hydrogens (tertiary/aromatic N) is 5. The fraction of sp³-hybridized carbons (Fsp3) is 0.227. The van der Waals surface area contributed by atoms with Crippen LogP contribution in [0.15, 0.2) is 52.4 Å². The van der Waals surface area contributed by atoms with Gasteiger partial charge in [-0.1, -0.05) is 11.2 Å². The number of imidazole rings is 1. The lowest BCUT2D eigenvalue weighted by Gasteiger charge is -2.49. The standard InChI is InChI=1S/C22H20N8O6S2/c1-36-27-14(11-9-38-22(24)25-11)18(32)26-15-19(33)30-16(21(34)35)10(8-37-20(15)30)6-28-7-12(17(23)31)29-5-3-2-4-13(28)29/h2-5,7,9,15,20H,6,8H2,1H3,(H5-,23,24,25,26,31,32,34,35)/p+1/b27-14-/t15-,20-/m1/s1. The number of thiazole rings is 1. The molecule has 16 heteroatoms. The first-order chi connectivity index (χ1) is 18.2. The minimum atomic E-state index is -1.28. The van der Waals surface area contributed by atoms with Crippen molar-refractivity contribution in [1.82, 2.24) is 19.6 Å². The number of fused-ring (bicyclic) bond motifs is 2. The van der Waals surface area contributed by atoms with Crippen LogP contribution in [0.3, 0.4) is 0 Å². The number of pyridine rings is 1. The highest BCUT2D eigenvalue weighted by molar-refractivity contribution is 8.00. The zero-order valence-corrected chi connectivity index (χ0v) is 21.4. The third kappa shape index (κ3) is 4.22. The summed E-state index contributed by atoms with van der Waals surface area (Å²) in [5, 5.41) is 17.5. The number of nitrogen functional groups attached to an aromatic ring is 1. The summed E-state index contributed by atoms with van der Waals surface area (Å²) < 4.78 is 3.31. The van der Waals surface area contributed by atoms with Crippen molar-refractivity contribution in [2.75, 3.05) is 18.6 Å². The fourth-order valence-corrected chi connectivity index (χ4v) is 6.25. The first kappa shape index (κ1) is 25.2. The van der Waals surface area contributed by atoms with E-state index < -0.39 is 35.1 Å². The number of rotatable bonds is 8. The Morgan fingerprint density at radius 1 is 1.37 bits per heavy atom. The molecule has 3 amide bonds. The molecule has 38 heavy (non-hydrogen) atoms. The largest absolute Gasteiger partial charge is 0.477 e. The van der Waals surface area contributed by atoms with Crippen LogP contribution in [0.5, 0.6) is 0 Å². The highest BCUT2D eigenvalue weighted by atomic mass is 32.2. The van der Waals surface area contributed by atoms with Crippen LogP contribution in [0.4, 0.5) is 5.13 Å². The molecule has 0 unspecified atom stereocenters. The monoisotopic (exact) mass is 557 g/mol. The Morgan fingerprint density at radius 2 is 2.16 bits per heavy atom. The normalized spacial score (nSPS) is 19.2. The molecule has 0 aliphatic carbocycles. The van der Waals surface area contributed by atoms with Gasteiger partial charge >= 0.3 is 5.97 Å². The van der Waals surface area contributed by atoms with Gasteiger partial charge in [0.05, 0.1) is 6.20 Å². The van der Waals surface area contributed by atoms with Crippen LogP contribution >= 0.6 is 23.1 Å². The van der Waals surface area contributed by atoms with Crippen LogP contribution in [-0.4, -0.2) is 73.1 Å². The number of carbonyl (C=O) groups excluding carboxylic acids is 3. The molecule has 3 aromatic rings. The van der Waals surface area contributed by atoms with Gasteiger partial charge in [0.2, 0.25) is 5.69 Å². The number of nitrogens with two attached hydrogens (primary N) is 2. The molecule has 0 radical (unpaired) electrons. The van der Waals surface area contributed by atoms with Crippen molar-refractivity contribution in [3.63, 3.8) is 0 Å². The van der Waals surface area contributed by atoms with Crippen molar-refractivity contribution < 1.29 is 33.7 Å². The van der Waals surface area contributed by atoms with Gasteiger partial charge in [0.15, 0.2) is 10.8 Å². The average Bonchev–Trinajstić information content (AvgIpc) is 3.49. The van der Waals surface area contributed by atoms with Gasteiger partial charge in [0.25, 0.3) is 23.4 Å². The molecule has 14 nitrogen and oxygen atoms in total. The number of carboxylic acids is 1. The van der Waals surface area contributed by atoms with Gasteiger partial charge in [-0.3, -0.25) is 19.3 Å². The Morgan fingerprint density at radius 3 is 2.82 bits per heavy atom. The molecule has 2 aliphatic heterocycles. The molecule has 1 fully saturated rings. The van der Waals surface area contributed by atoms with Gasteiger partial charge in [-0.05, 0) is 6.07 Å². The van der Waals surface area contributed by atoms with E-state index in [1.165, 1.54) is 29.2 Å². The molecular formula is C22H21N8O6S2+. The van der Waals surface area contributed by atoms with E-state index in [4.69, 9.17) is 16.3 Å². The van der Waals surface area contributed by atoms with Gasteiger partial charge in [-0.15, -0.1) is 23.1 Å². The van der Waals surface area contributed by atoms with Crippen LogP contribution < -0.4 is 21.4 Å². The lowest BCUT2D eigenvalue weighted by molar-refractivity contribution is -0.662. The molecule has 2 atom stereocenters. The summed E-state index contributed by atoms with van der Waals surface area (Å²) in [7, 11) is 1.26. The van der Waals surface area contributed by atoms with Crippen LogP contribution in [0, 0.1) is 0 Å². The Hall–Kier alpha value is -4.44. The van der Waals surface area contributed by atoms with Gasteiger partial charge in [-0.25, -0.2) is 14.3 Å². The van der Waals surface area contributed by atoms with E-state index in [1.54, 1.807) is 39.6 Å². The smallest absolute Gasteiger partial charge is 0.352 e. The number of amides is 3. The topological polar surface area (TPSA) is 199 Å². The SMILES string of the molecule is CO/N=C(\C(=O)N[C@@H]1C(=O)N2C(C(=O)O)=C(C[n+]3cc(C(N)=O)n4ccccc43)CS[C@H]12)c1csc(N)n1. The maximum Gasteiger partial charge on any atom is 0.352 e. The van der Waals surface area contributed by atoms with Gasteiger partial charge in [0, 0.05) is 22.8 Å².